The van der Waals surface area contributed by atoms with Crippen molar-refractivity contribution in [1.82, 2.24) is 4.90 Å². The number of Topliss-reactive ketones (excluding diaryl/α,β-unsaturated/α-hetero) is 1. The second-order valence-electron chi connectivity index (χ2n) is 8.60. The van der Waals surface area contributed by atoms with Gasteiger partial charge < -0.3 is 0 Å². The van der Waals surface area contributed by atoms with Gasteiger partial charge in [0.2, 0.25) is 0 Å². The van der Waals surface area contributed by atoms with Gasteiger partial charge in [-0.2, -0.15) is 13.2 Å². The lowest BCUT2D eigenvalue weighted by Crippen LogP contribution is -2.57. The Bertz CT molecular complexity index is 701. The van der Waals surface area contributed by atoms with Crippen LogP contribution in [-0.4, -0.2) is 23.3 Å². The van der Waals surface area contributed by atoms with Crippen LogP contribution in [0.1, 0.15) is 56.6 Å². The number of carbonyl (C=O) groups excluding carboxylic acids is 1. The van der Waals surface area contributed by atoms with Crippen molar-refractivity contribution in [2.45, 2.75) is 64.2 Å². The molecule has 27 heavy (non-hydrogen) atoms. The van der Waals surface area contributed by atoms with Gasteiger partial charge in [0.15, 0.2) is 0 Å². The van der Waals surface area contributed by atoms with E-state index in [-0.39, 0.29) is 5.92 Å². The van der Waals surface area contributed by atoms with Crippen LogP contribution in [0, 0.1) is 23.7 Å². The summed E-state index contributed by atoms with van der Waals surface area (Å²) in [5.41, 5.74) is -0.130. The van der Waals surface area contributed by atoms with Crippen molar-refractivity contribution < 1.29 is 18.0 Å². The number of benzene rings is 1. The molecule has 5 heteroatoms. The molecule has 2 nitrogen and oxygen atoms in total. The number of nitrogens with zero attached hydrogens (tertiary/aromatic N) is 1. The first-order valence-corrected chi connectivity index (χ1v) is 10.3. The average molecular weight is 379 g/mol. The highest BCUT2D eigenvalue weighted by Gasteiger charge is 2.51. The predicted octanol–water partition coefficient (Wildman–Crippen LogP) is 5.31. The summed E-state index contributed by atoms with van der Waals surface area (Å²) in [4.78, 5) is 14.9. The molecule has 4 rings (SSSR count). The summed E-state index contributed by atoms with van der Waals surface area (Å²) in [6.45, 7) is 3.27. The molecule has 2 aliphatic carbocycles. The molecule has 0 unspecified atom stereocenters. The van der Waals surface area contributed by atoms with Gasteiger partial charge in [-0.1, -0.05) is 31.5 Å². The van der Waals surface area contributed by atoms with Crippen LogP contribution >= 0.6 is 0 Å². The molecule has 0 N–H and O–H groups in total. The number of piperidine rings is 1. The molecule has 0 spiro atoms. The quantitative estimate of drug-likeness (QED) is 0.709. The molecule has 2 saturated carbocycles. The number of carbonyl (C=O) groups is 1. The fourth-order valence-corrected chi connectivity index (χ4v) is 6.25. The smallest absolute Gasteiger partial charge is 0.299 e. The van der Waals surface area contributed by atoms with Crippen molar-refractivity contribution in [3.8, 4) is 0 Å². The van der Waals surface area contributed by atoms with Gasteiger partial charge in [0, 0.05) is 24.9 Å². The SMILES string of the molecule is CC[C@@H]1C(=O)C[C@H]2CCN(Cc3ccccc3C(F)(F)F)[C@H]3CCC[C@@H]1[C@H]23. The monoisotopic (exact) mass is 379 g/mol. The van der Waals surface area contributed by atoms with Crippen molar-refractivity contribution in [3.63, 3.8) is 0 Å². The number of alkyl halides is 3. The van der Waals surface area contributed by atoms with E-state index >= 15 is 0 Å². The molecule has 1 aliphatic heterocycles. The highest BCUT2D eigenvalue weighted by atomic mass is 19.4. The third kappa shape index (κ3) is 3.43. The Kier molecular flexibility index (Phi) is 5.08. The summed E-state index contributed by atoms with van der Waals surface area (Å²) < 4.78 is 40.2. The van der Waals surface area contributed by atoms with Crippen LogP contribution in [0.3, 0.4) is 0 Å². The largest absolute Gasteiger partial charge is 0.416 e. The number of rotatable bonds is 3. The van der Waals surface area contributed by atoms with Gasteiger partial charge in [-0.15, -0.1) is 0 Å². The van der Waals surface area contributed by atoms with Gasteiger partial charge in [0.1, 0.15) is 5.78 Å². The Balaban J connectivity index is 1.59. The zero-order chi connectivity index (χ0) is 19.2. The van der Waals surface area contributed by atoms with E-state index in [0.717, 1.165) is 38.6 Å². The Morgan fingerprint density at radius 1 is 1.15 bits per heavy atom. The molecule has 1 aromatic carbocycles. The van der Waals surface area contributed by atoms with Crippen LogP contribution in [0.25, 0.3) is 0 Å². The minimum absolute atomic E-state index is 0.163. The third-order valence-electron chi connectivity index (χ3n) is 7.31. The van der Waals surface area contributed by atoms with E-state index in [4.69, 9.17) is 0 Å². The Hall–Kier alpha value is -1.36. The molecule has 0 amide bonds. The summed E-state index contributed by atoms with van der Waals surface area (Å²) in [6.07, 6.45) is 1.45. The van der Waals surface area contributed by atoms with Crippen LogP contribution < -0.4 is 0 Å². The molecular formula is C22H28F3NO. The van der Waals surface area contributed by atoms with Gasteiger partial charge in [-0.05, 0) is 61.6 Å². The molecule has 1 saturated heterocycles. The first-order valence-electron chi connectivity index (χ1n) is 10.3. The molecule has 0 radical (unpaired) electrons. The Morgan fingerprint density at radius 2 is 1.93 bits per heavy atom. The lowest BCUT2D eigenvalue weighted by atomic mass is 9.56. The number of halogens is 3. The molecule has 0 aromatic heterocycles. The zero-order valence-electron chi connectivity index (χ0n) is 15.8. The van der Waals surface area contributed by atoms with Crippen LogP contribution in [-0.2, 0) is 17.5 Å². The van der Waals surface area contributed by atoms with Gasteiger partial charge in [-0.3, -0.25) is 9.69 Å². The second-order valence-corrected chi connectivity index (χ2v) is 8.60. The molecule has 5 atom stereocenters. The minimum atomic E-state index is -4.31. The molecule has 1 heterocycles. The Morgan fingerprint density at radius 3 is 2.67 bits per heavy atom. The van der Waals surface area contributed by atoms with E-state index in [1.807, 2.05) is 0 Å². The zero-order valence-corrected chi connectivity index (χ0v) is 15.8. The van der Waals surface area contributed by atoms with Crippen molar-refractivity contribution in [3.05, 3.63) is 35.4 Å². The maximum Gasteiger partial charge on any atom is 0.416 e. The lowest BCUT2D eigenvalue weighted by molar-refractivity contribution is -0.142. The lowest BCUT2D eigenvalue weighted by Gasteiger charge is -2.55. The number of hydrogen-bond donors (Lipinski definition) is 0. The van der Waals surface area contributed by atoms with E-state index in [2.05, 4.69) is 11.8 Å². The maximum atomic E-state index is 13.4. The van der Waals surface area contributed by atoms with E-state index in [0.29, 0.717) is 48.1 Å². The number of hydrogen-bond acceptors (Lipinski definition) is 2. The highest BCUT2D eigenvalue weighted by Crippen LogP contribution is 2.51. The summed E-state index contributed by atoms with van der Waals surface area (Å²) in [6, 6.07) is 6.30. The summed E-state index contributed by atoms with van der Waals surface area (Å²) in [5.74, 6) is 1.94. The van der Waals surface area contributed by atoms with Crippen molar-refractivity contribution in [2.24, 2.45) is 23.7 Å². The van der Waals surface area contributed by atoms with Crippen LogP contribution in [0.15, 0.2) is 24.3 Å². The molecule has 3 aliphatic rings. The predicted molar refractivity (Wildman–Crippen MR) is 98.0 cm³/mol. The highest BCUT2D eigenvalue weighted by molar-refractivity contribution is 5.82. The van der Waals surface area contributed by atoms with E-state index in [9.17, 15) is 18.0 Å². The molecule has 148 valence electrons. The van der Waals surface area contributed by atoms with Crippen molar-refractivity contribution in [1.29, 1.82) is 0 Å². The maximum absolute atomic E-state index is 13.4. The van der Waals surface area contributed by atoms with Gasteiger partial charge >= 0.3 is 6.18 Å². The molecule has 1 aromatic rings. The molecular weight excluding hydrogens is 351 g/mol. The summed E-state index contributed by atoms with van der Waals surface area (Å²) in [7, 11) is 0. The van der Waals surface area contributed by atoms with E-state index in [1.54, 1.807) is 12.1 Å². The van der Waals surface area contributed by atoms with Crippen LogP contribution in [0.5, 0.6) is 0 Å². The van der Waals surface area contributed by atoms with E-state index in [1.165, 1.54) is 12.1 Å². The van der Waals surface area contributed by atoms with Gasteiger partial charge in [0.05, 0.1) is 5.56 Å². The average Bonchev–Trinajstić information content (AvgIpc) is 2.63. The minimum Gasteiger partial charge on any atom is -0.299 e. The topological polar surface area (TPSA) is 20.3 Å². The fraction of sp³-hybridized carbons (Fsp3) is 0.682. The number of likely N-dealkylation sites (tertiary alicyclic amines) is 1. The normalized spacial score (nSPS) is 34.4. The fourth-order valence-electron chi connectivity index (χ4n) is 6.25. The van der Waals surface area contributed by atoms with Gasteiger partial charge in [0.25, 0.3) is 0 Å². The molecule has 0 bridgehead atoms. The summed E-state index contributed by atoms with van der Waals surface area (Å²) in [5, 5.41) is 0. The standard InChI is InChI=1S/C22H28F3NO/c1-2-16-17-7-5-9-19-21(17)14(12-20(16)27)10-11-26(19)13-15-6-3-4-8-18(15)22(23,24)25/h3-4,6,8,14,16-17,19,21H,2,5,7,9-13H2,1H3/t14-,16+,17+,19+,21+/m1/s1. The van der Waals surface area contributed by atoms with Crippen molar-refractivity contribution in [2.75, 3.05) is 6.54 Å². The Labute approximate surface area is 159 Å². The van der Waals surface area contributed by atoms with Gasteiger partial charge in [-0.25, -0.2) is 0 Å². The second kappa shape index (κ2) is 7.23. The first-order chi connectivity index (χ1) is 12.9. The molecule has 3 fully saturated rings. The third-order valence-corrected chi connectivity index (χ3v) is 7.31. The van der Waals surface area contributed by atoms with E-state index < -0.39 is 11.7 Å². The van der Waals surface area contributed by atoms with Crippen LogP contribution in [0.2, 0.25) is 0 Å². The number of ketones is 1. The summed E-state index contributed by atoms with van der Waals surface area (Å²) >= 11 is 0. The van der Waals surface area contributed by atoms with Crippen LogP contribution in [0.4, 0.5) is 13.2 Å². The first kappa shape index (κ1) is 19.0. The van der Waals surface area contributed by atoms with Crippen molar-refractivity contribution >= 4 is 5.78 Å².